The molecule has 4 fully saturated rings. The van der Waals surface area contributed by atoms with E-state index in [-0.39, 0.29) is 23.4 Å². The Bertz CT molecular complexity index is 783. The van der Waals surface area contributed by atoms with Gasteiger partial charge in [-0.25, -0.2) is 0 Å². The van der Waals surface area contributed by atoms with Crippen LogP contribution in [0.25, 0.3) is 0 Å². The molecule has 0 unspecified atom stereocenters. The molecule has 0 amide bonds. The molecule has 4 aliphatic carbocycles. The van der Waals surface area contributed by atoms with E-state index in [1.54, 1.807) is 0 Å². The average Bonchev–Trinajstić information content (AvgIpc) is 3.10. The fourth-order valence-corrected chi connectivity index (χ4v) is 8.96. The zero-order valence-electron chi connectivity index (χ0n) is 22.2. The summed E-state index contributed by atoms with van der Waals surface area (Å²) in [5, 5.41) is 0. The number of carbonyl (C=O) groups excluding carboxylic acids is 2. The third kappa shape index (κ3) is 4.36. The van der Waals surface area contributed by atoms with E-state index in [1.807, 2.05) is 0 Å². The van der Waals surface area contributed by atoms with Gasteiger partial charge in [-0.2, -0.15) is 0 Å². The van der Waals surface area contributed by atoms with Crippen LogP contribution < -0.4 is 0 Å². The van der Waals surface area contributed by atoms with E-state index in [4.69, 9.17) is 4.74 Å². The summed E-state index contributed by atoms with van der Waals surface area (Å²) in [7, 11) is 0. The predicted molar refractivity (Wildman–Crippen MR) is 133 cm³/mol. The number of rotatable bonds is 5. The van der Waals surface area contributed by atoms with E-state index < -0.39 is 0 Å². The molecule has 4 aliphatic rings. The molecule has 0 N–H and O–H groups in total. The molecule has 0 aromatic rings. The monoisotopic (exact) mass is 456 g/mol. The highest BCUT2D eigenvalue weighted by molar-refractivity contribution is 5.83. The van der Waals surface area contributed by atoms with Crippen molar-refractivity contribution in [1.29, 1.82) is 0 Å². The summed E-state index contributed by atoms with van der Waals surface area (Å²) in [4.78, 5) is 25.0. The Balaban J connectivity index is 1.51. The van der Waals surface area contributed by atoms with Gasteiger partial charge in [-0.15, -0.1) is 0 Å². The Morgan fingerprint density at radius 3 is 2.30 bits per heavy atom. The lowest BCUT2D eigenvalue weighted by molar-refractivity contribution is -0.169. The fraction of sp³-hybridized carbons (Fsp3) is 0.867. The highest BCUT2D eigenvalue weighted by atomic mass is 16.5. The molecule has 4 rings (SSSR count). The minimum absolute atomic E-state index is 0.0633. The summed E-state index contributed by atoms with van der Waals surface area (Å²) in [6, 6.07) is 0. The molecule has 3 heteroatoms. The van der Waals surface area contributed by atoms with E-state index in [0.717, 1.165) is 31.6 Å². The van der Waals surface area contributed by atoms with Crippen LogP contribution in [0.1, 0.15) is 99.8 Å². The Morgan fingerprint density at radius 2 is 1.64 bits per heavy atom. The molecule has 0 aromatic heterocycles. The summed E-state index contributed by atoms with van der Waals surface area (Å²) in [5.74, 6) is 4.89. The van der Waals surface area contributed by atoms with Crippen LogP contribution in [-0.4, -0.2) is 17.9 Å². The maximum atomic E-state index is 13.5. The van der Waals surface area contributed by atoms with Gasteiger partial charge in [0, 0.05) is 19.3 Å². The molecule has 0 saturated heterocycles. The summed E-state index contributed by atoms with van der Waals surface area (Å²) in [6.07, 6.45) is 13.6. The number of fused-ring (bicyclic) bond motifs is 5. The maximum Gasteiger partial charge on any atom is 0.302 e. The SMILES string of the molecule is CC(=O)O[C@@H]1CC[C@@]2(C)[C@H](C1)C(=O)C[C@@H]1[C@@H]2CC[C@]2(C)[C@@H]([C@H](C)/C=C\[C@H](C)C(C)C)CC[C@@H]12. The van der Waals surface area contributed by atoms with Crippen molar-refractivity contribution in [3.05, 3.63) is 12.2 Å². The van der Waals surface area contributed by atoms with Crippen molar-refractivity contribution in [3.8, 4) is 0 Å². The van der Waals surface area contributed by atoms with Crippen LogP contribution in [0.4, 0.5) is 0 Å². The van der Waals surface area contributed by atoms with Gasteiger partial charge in [-0.05, 0) is 97.2 Å². The second-order valence-corrected chi connectivity index (χ2v) is 13.2. The van der Waals surface area contributed by atoms with Crippen LogP contribution >= 0.6 is 0 Å². The normalized spacial score (nSPS) is 44.8. The summed E-state index contributed by atoms with van der Waals surface area (Å²) >= 11 is 0. The molecule has 186 valence electrons. The Kier molecular flexibility index (Phi) is 6.93. The van der Waals surface area contributed by atoms with Crippen molar-refractivity contribution in [2.45, 2.75) is 106 Å². The van der Waals surface area contributed by atoms with Gasteiger partial charge >= 0.3 is 5.97 Å². The summed E-state index contributed by atoms with van der Waals surface area (Å²) in [6.45, 7) is 15.9. The molecule has 0 spiro atoms. The second-order valence-electron chi connectivity index (χ2n) is 13.2. The number of allylic oxidation sites excluding steroid dienone is 2. The van der Waals surface area contributed by atoms with Crippen LogP contribution in [0, 0.1) is 58.2 Å². The van der Waals surface area contributed by atoms with E-state index >= 15 is 0 Å². The molecule has 0 radical (unpaired) electrons. The fourth-order valence-electron chi connectivity index (χ4n) is 8.96. The molecule has 0 aromatic carbocycles. The smallest absolute Gasteiger partial charge is 0.302 e. The van der Waals surface area contributed by atoms with Crippen molar-refractivity contribution in [3.63, 3.8) is 0 Å². The number of carbonyl (C=O) groups is 2. The van der Waals surface area contributed by atoms with Gasteiger partial charge < -0.3 is 4.74 Å². The van der Waals surface area contributed by atoms with Crippen molar-refractivity contribution < 1.29 is 14.3 Å². The quantitative estimate of drug-likeness (QED) is 0.323. The predicted octanol–water partition coefficient (Wildman–Crippen LogP) is 7.24. The largest absolute Gasteiger partial charge is 0.463 e. The molecular weight excluding hydrogens is 408 g/mol. The van der Waals surface area contributed by atoms with Gasteiger partial charge in [0.05, 0.1) is 0 Å². The number of ketones is 1. The minimum Gasteiger partial charge on any atom is -0.463 e. The van der Waals surface area contributed by atoms with Crippen LogP contribution in [0.5, 0.6) is 0 Å². The van der Waals surface area contributed by atoms with Crippen molar-refractivity contribution in [1.82, 2.24) is 0 Å². The first-order chi connectivity index (χ1) is 15.5. The van der Waals surface area contributed by atoms with Gasteiger partial charge in [0.2, 0.25) is 0 Å². The Hall–Kier alpha value is -1.12. The molecule has 4 saturated carbocycles. The van der Waals surface area contributed by atoms with Crippen LogP contribution in [-0.2, 0) is 14.3 Å². The van der Waals surface area contributed by atoms with E-state index in [1.165, 1.54) is 32.6 Å². The first-order valence-corrected chi connectivity index (χ1v) is 13.9. The van der Waals surface area contributed by atoms with Gasteiger partial charge in [0.15, 0.2) is 0 Å². The minimum atomic E-state index is -0.207. The van der Waals surface area contributed by atoms with Crippen LogP contribution in [0.2, 0.25) is 0 Å². The van der Waals surface area contributed by atoms with E-state index in [2.05, 4.69) is 53.7 Å². The van der Waals surface area contributed by atoms with Crippen molar-refractivity contribution >= 4 is 11.8 Å². The zero-order chi connectivity index (χ0) is 24.1. The molecule has 0 bridgehead atoms. The summed E-state index contributed by atoms with van der Waals surface area (Å²) in [5.41, 5.74) is 0.457. The van der Waals surface area contributed by atoms with Crippen molar-refractivity contribution in [2.24, 2.45) is 58.2 Å². The Morgan fingerprint density at radius 1 is 0.970 bits per heavy atom. The molecule has 33 heavy (non-hydrogen) atoms. The van der Waals surface area contributed by atoms with Gasteiger partial charge in [0.25, 0.3) is 0 Å². The number of esters is 1. The lowest BCUT2D eigenvalue weighted by Gasteiger charge is -2.60. The van der Waals surface area contributed by atoms with Crippen LogP contribution in [0.15, 0.2) is 12.2 Å². The van der Waals surface area contributed by atoms with Gasteiger partial charge in [0.1, 0.15) is 11.9 Å². The topological polar surface area (TPSA) is 43.4 Å². The third-order valence-corrected chi connectivity index (χ3v) is 11.2. The lowest BCUT2D eigenvalue weighted by atomic mass is 9.44. The molecule has 3 nitrogen and oxygen atoms in total. The number of hydrogen-bond acceptors (Lipinski definition) is 3. The zero-order valence-corrected chi connectivity index (χ0v) is 22.2. The molecule has 0 aliphatic heterocycles. The maximum absolute atomic E-state index is 13.5. The number of Topliss-reactive ketones (excluding diaryl/α,β-unsaturated/α-hetero) is 1. The average molecular weight is 457 g/mol. The highest BCUT2D eigenvalue weighted by Crippen LogP contribution is 2.67. The lowest BCUT2D eigenvalue weighted by Crippen LogP contribution is -2.57. The standard InChI is InChI=1S/C30H48O3/c1-18(2)19(3)8-9-20(4)24-10-11-25-23-17-28(32)27-16-22(33-21(5)31)12-14-30(27,7)26(23)13-15-29(24,25)6/h8-9,18-20,22-27H,10-17H2,1-7H3/b9-8-/t19-,20+,22+,23-,24+,25-,26-,27+,29+,30+/m0/s1. The van der Waals surface area contributed by atoms with E-state index in [0.29, 0.717) is 46.7 Å². The molecular formula is C30H48O3. The number of ether oxygens (including phenoxy) is 1. The molecule has 0 heterocycles. The first-order valence-electron chi connectivity index (χ1n) is 13.9. The first kappa shape index (κ1) is 25.0. The van der Waals surface area contributed by atoms with E-state index in [9.17, 15) is 9.59 Å². The highest BCUT2D eigenvalue weighted by Gasteiger charge is 2.62. The summed E-state index contributed by atoms with van der Waals surface area (Å²) < 4.78 is 5.55. The number of hydrogen-bond donors (Lipinski definition) is 0. The molecule has 10 atom stereocenters. The van der Waals surface area contributed by atoms with Gasteiger partial charge in [-0.1, -0.05) is 53.7 Å². The van der Waals surface area contributed by atoms with Gasteiger partial charge in [-0.3, -0.25) is 9.59 Å². The second kappa shape index (κ2) is 9.15. The van der Waals surface area contributed by atoms with Crippen LogP contribution in [0.3, 0.4) is 0 Å². The van der Waals surface area contributed by atoms with Crippen molar-refractivity contribution in [2.75, 3.05) is 0 Å². The Labute approximate surface area is 202 Å². The third-order valence-electron chi connectivity index (χ3n) is 11.2.